The van der Waals surface area contributed by atoms with Gasteiger partial charge in [-0.25, -0.2) is 13.8 Å². The summed E-state index contributed by atoms with van der Waals surface area (Å²) >= 11 is 0. The summed E-state index contributed by atoms with van der Waals surface area (Å²) in [5.41, 5.74) is 2.01. The maximum absolute atomic E-state index is 14.8. The number of hydrogen-bond acceptors (Lipinski definition) is 5. The number of amides is 1. The Morgan fingerprint density at radius 3 is 2.26 bits per heavy atom. The van der Waals surface area contributed by atoms with Crippen LogP contribution in [0.15, 0.2) is 71.7 Å². The zero-order valence-corrected chi connectivity index (χ0v) is 23.8. The number of carbonyl (C=O) groups is 3. The molecule has 0 radical (unpaired) electrons. The average Bonchev–Trinajstić information content (AvgIpc) is 2.98. The lowest BCUT2D eigenvalue weighted by Gasteiger charge is -2.18. The minimum atomic E-state index is -0.696. The van der Waals surface area contributed by atoms with Gasteiger partial charge < -0.3 is 5.32 Å². The van der Waals surface area contributed by atoms with Crippen LogP contribution in [0.4, 0.5) is 14.6 Å². The zero-order valence-electron chi connectivity index (χ0n) is 23.8. The first-order valence-corrected chi connectivity index (χ1v) is 13.7. The van der Waals surface area contributed by atoms with Gasteiger partial charge in [0.1, 0.15) is 11.6 Å². The fourth-order valence-electron chi connectivity index (χ4n) is 4.47. The molecule has 4 aromatic rings. The Morgan fingerprint density at radius 2 is 1.60 bits per heavy atom. The molecule has 0 aliphatic carbocycles. The average molecular weight is 572 g/mol. The highest BCUT2D eigenvalue weighted by molar-refractivity contribution is 6.09. The quantitative estimate of drug-likeness (QED) is 0.224. The number of rotatable bonds is 10. The molecule has 0 saturated heterocycles. The molecule has 0 unspecified atom stereocenters. The number of ketones is 2. The summed E-state index contributed by atoms with van der Waals surface area (Å²) in [4.78, 5) is 56.2. The lowest BCUT2D eigenvalue weighted by Crippen LogP contribution is -2.30. The van der Waals surface area contributed by atoms with Crippen molar-refractivity contribution in [1.82, 2.24) is 9.55 Å². The van der Waals surface area contributed by atoms with Crippen LogP contribution in [-0.4, -0.2) is 27.0 Å². The Hall–Kier alpha value is -4.79. The highest BCUT2D eigenvalue weighted by atomic mass is 19.1. The van der Waals surface area contributed by atoms with Crippen LogP contribution < -0.4 is 10.9 Å². The van der Waals surface area contributed by atoms with Crippen molar-refractivity contribution in [2.24, 2.45) is 5.92 Å². The van der Waals surface area contributed by atoms with E-state index in [0.29, 0.717) is 35.2 Å². The van der Waals surface area contributed by atoms with Crippen molar-refractivity contribution in [2.45, 2.75) is 47.1 Å². The van der Waals surface area contributed by atoms with E-state index in [4.69, 9.17) is 0 Å². The Kier molecular flexibility index (Phi) is 9.20. The van der Waals surface area contributed by atoms with Crippen molar-refractivity contribution in [3.05, 3.63) is 117 Å². The minimum absolute atomic E-state index is 0.0253. The van der Waals surface area contributed by atoms with Crippen molar-refractivity contribution in [3.8, 4) is 11.3 Å². The lowest BCUT2D eigenvalue weighted by molar-refractivity contribution is -0.119. The molecule has 1 atom stereocenters. The predicted molar refractivity (Wildman–Crippen MR) is 157 cm³/mol. The third-order valence-electron chi connectivity index (χ3n) is 7.18. The van der Waals surface area contributed by atoms with Gasteiger partial charge in [0, 0.05) is 34.6 Å². The molecule has 0 aliphatic rings. The van der Waals surface area contributed by atoms with Crippen molar-refractivity contribution in [1.29, 1.82) is 0 Å². The summed E-state index contributed by atoms with van der Waals surface area (Å²) in [5, 5.41) is 2.59. The second kappa shape index (κ2) is 12.8. The summed E-state index contributed by atoms with van der Waals surface area (Å²) < 4.78 is 29.5. The van der Waals surface area contributed by atoms with Crippen LogP contribution in [0.25, 0.3) is 11.3 Å². The maximum Gasteiger partial charge on any atom is 0.294 e. The van der Waals surface area contributed by atoms with E-state index in [1.165, 1.54) is 35.0 Å². The number of aryl methyl sites for hydroxylation is 1. The monoisotopic (exact) mass is 571 g/mol. The molecule has 0 spiro atoms. The first kappa shape index (κ1) is 30.2. The number of nitrogens with one attached hydrogen (secondary N) is 1. The predicted octanol–water partition coefficient (Wildman–Crippen LogP) is 6.35. The number of nitrogens with zero attached hydrogens (tertiary/aromatic N) is 2. The van der Waals surface area contributed by atoms with Gasteiger partial charge in [0.15, 0.2) is 17.4 Å². The zero-order chi connectivity index (χ0) is 30.6. The van der Waals surface area contributed by atoms with Gasteiger partial charge in [-0.2, -0.15) is 0 Å². The molecule has 1 N–H and O–H groups in total. The van der Waals surface area contributed by atoms with E-state index in [1.807, 2.05) is 13.8 Å². The van der Waals surface area contributed by atoms with Gasteiger partial charge in [0.05, 0.1) is 18.4 Å². The summed E-state index contributed by atoms with van der Waals surface area (Å²) in [5.74, 6) is -2.72. The van der Waals surface area contributed by atoms with E-state index >= 15 is 0 Å². The second-order valence-corrected chi connectivity index (χ2v) is 10.2. The number of Topliss-reactive ketones (excluding diaryl/α,β-unsaturated/α-hetero) is 1. The summed E-state index contributed by atoms with van der Waals surface area (Å²) in [6.07, 6.45) is 2.28. The standard InChI is InChI=1S/C33H31F2N3O4/c1-5-19(3)32(41)37-31-33(42)38(28(17-36-31)27-16-23(29(39)6-2)8-7-20(27)4)18-21-13-24(15-26(35)14-21)30(40)22-9-11-25(34)12-10-22/h7-17,19H,5-6,18H2,1-4H3,(H,36,37,41)/t19-/m1/s1. The Labute approximate surface area is 242 Å². The fourth-order valence-corrected chi connectivity index (χ4v) is 4.47. The van der Waals surface area contributed by atoms with Crippen LogP contribution >= 0.6 is 0 Å². The van der Waals surface area contributed by atoms with Crippen LogP contribution in [-0.2, 0) is 11.3 Å². The molecule has 1 amide bonds. The Morgan fingerprint density at radius 1 is 0.905 bits per heavy atom. The van der Waals surface area contributed by atoms with E-state index in [2.05, 4.69) is 10.3 Å². The fraction of sp³-hybridized carbons (Fsp3) is 0.242. The highest BCUT2D eigenvalue weighted by Crippen LogP contribution is 2.26. The van der Waals surface area contributed by atoms with Crippen LogP contribution in [0.1, 0.15) is 71.0 Å². The van der Waals surface area contributed by atoms with E-state index in [9.17, 15) is 28.0 Å². The normalized spacial score (nSPS) is 11.7. The minimum Gasteiger partial charge on any atom is -0.306 e. The molecular weight excluding hydrogens is 540 g/mol. The molecule has 0 bridgehead atoms. The molecule has 3 aromatic carbocycles. The molecule has 7 nitrogen and oxygen atoms in total. The van der Waals surface area contributed by atoms with Crippen LogP contribution in [0.2, 0.25) is 0 Å². The first-order chi connectivity index (χ1) is 20.0. The maximum atomic E-state index is 14.8. The van der Waals surface area contributed by atoms with Gasteiger partial charge in [-0.15, -0.1) is 0 Å². The molecule has 1 aromatic heterocycles. The molecule has 0 aliphatic heterocycles. The number of benzene rings is 3. The Bertz CT molecular complexity index is 1730. The van der Waals surface area contributed by atoms with Gasteiger partial charge >= 0.3 is 0 Å². The molecular formula is C33H31F2N3O4. The van der Waals surface area contributed by atoms with Crippen LogP contribution in [0.3, 0.4) is 0 Å². The van der Waals surface area contributed by atoms with Gasteiger partial charge in [-0.1, -0.05) is 32.9 Å². The van der Waals surface area contributed by atoms with Gasteiger partial charge in [-0.05, 0) is 73.0 Å². The third-order valence-corrected chi connectivity index (χ3v) is 7.18. The highest BCUT2D eigenvalue weighted by Gasteiger charge is 2.20. The number of hydrogen-bond donors (Lipinski definition) is 1. The van der Waals surface area contributed by atoms with Gasteiger partial charge in [0.2, 0.25) is 5.91 Å². The van der Waals surface area contributed by atoms with E-state index in [1.54, 1.807) is 32.0 Å². The van der Waals surface area contributed by atoms with Gasteiger partial charge in [-0.3, -0.25) is 23.7 Å². The van der Waals surface area contributed by atoms with Crippen molar-refractivity contribution in [2.75, 3.05) is 5.32 Å². The molecule has 216 valence electrons. The molecule has 4 rings (SSSR count). The first-order valence-electron chi connectivity index (χ1n) is 13.7. The van der Waals surface area contributed by atoms with Crippen molar-refractivity contribution in [3.63, 3.8) is 0 Å². The summed E-state index contributed by atoms with van der Waals surface area (Å²) in [6, 6.07) is 13.8. The van der Waals surface area contributed by atoms with E-state index in [-0.39, 0.29) is 41.1 Å². The summed E-state index contributed by atoms with van der Waals surface area (Å²) in [7, 11) is 0. The van der Waals surface area contributed by atoms with E-state index < -0.39 is 23.0 Å². The van der Waals surface area contributed by atoms with Crippen LogP contribution in [0, 0.1) is 24.5 Å². The lowest BCUT2D eigenvalue weighted by atomic mass is 9.98. The third kappa shape index (κ3) is 6.57. The Balaban J connectivity index is 1.85. The van der Waals surface area contributed by atoms with E-state index in [0.717, 1.165) is 23.8 Å². The van der Waals surface area contributed by atoms with Crippen LogP contribution in [0.5, 0.6) is 0 Å². The van der Waals surface area contributed by atoms with Crippen molar-refractivity contribution < 1.29 is 23.2 Å². The molecule has 42 heavy (non-hydrogen) atoms. The van der Waals surface area contributed by atoms with Crippen molar-refractivity contribution >= 4 is 23.3 Å². The summed E-state index contributed by atoms with van der Waals surface area (Å²) in [6.45, 7) is 6.98. The topological polar surface area (TPSA) is 98.1 Å². The number of halogens is 2. The largest absolute Gasteiger partial charge is 0.306 e. The molecule has 1 heterocycles. The molecule has 0 saturated carbocycles. The molecule has 9 heteroatoms. The number of anilines is 1. The second-order valence-electron chi connectivity index (χ2n) is 10.2. The SMILES string of the molecule is CCC(=O)c1ccc(C)c(-c2cnc(NC(=O)[C@H](C)CC)c(=O)n2Cc2cc(F)cc(C(=O)c3ccc(F)cc3)c2)c1. The number of carbonyl (C=O) groups excluding carboxylic acids is 3. The smallest absolute Gasteiger partial charge is 0.294 e. The molecule has 0 fully saturated rings. The van der Waals surface area contributed by atoms with Gasteiger partial charge in [0.25, 0.3) is 5.56 Å². The number of aromatic nitrogens is 2.